The van der Waals surface area contributed by atoms with Gasteiger partial charge in [0.1, 0.15) is 12.7 Å². The lowest BCUT2D eigenvalue weighted by Gasteiger charge is -2.63. The minimum atomic E-state index is -0.799. The third-order valence-electron chi connectivity index (χ3n) is 9.68. The number of hydrogen-bond acceptors (Lipinski definition) is 5. The van der Waals surface area contributed by atoms with Crippen molar-refractivity contribution in [3.63, 3.8) is 0 Å². The van der Waals surface area contributed by atoms with Gasteiger partial charge in [-0.15, -0.1) is 0 Å². The van der Waals surface area contributed by atoms with Gasteiger partial charge in [0.15, 0.2) is 5.78 Å². The van der Waals surface area contributed by atoms with Crippen LogP contribution in [-0.2, 0) is 14.3 Å². The summed E-state index contributed by atoms with van der Waals surface area (Å²) in [6, 6.07) is 0. The predicted octanol–water partition coefficient (Wildman–Crippen LogP) is 3.25. The van der Waals surface area contributed by atoms with Crippen molar-refractivity contribution in [2.75, 3.05) is 6.61 Å². The summed E-state index contributed by atoms with van der Waals surface area (Å²) in [5, 5.41) is 21.4. The fraction of sp³-hybridized carbons (Fsp3) is 0.913. The molecule has 4 fully saturated rings. The first kappa shape index (κ1) is 20.3. The van der Waals surface area contributed by atoms with Crippen molar-refractivity contribution in [3.8, 4) is 0 Å². The molecule has 4 aliphatic carbocycles. The largest absolute Gasteiger partial charge is 0.463 e. The van der Waals surface area contributed by atoms with Gasteiger partial charge in [-0.3, -0.25) is 9.59 Å². The SMILES string of the molecule is CC(=O)OC1CCC2(C)C(CCC3C2CCC2(C)C(C(=O)CO)CCC32O)C1. The van der Waals surface area contributed by atoms with Crippen LogP contribution in [0.5, 0.6) is 0 Å². The molecular formula is C23H36O5. The Kier molecular flexibility index (Phi) is 4.94. The number of ketones is 1. The van der Waals surface area contributed by atoms with Crippen LogP contribution in [0.2, 0.25) is 0 Å². The Bertz CT molecular complexity index is 661. The highest BCUT2D eigenvalue weighted by molar-refractivity contribution is 5.83. The summed E-state index contributed by atoms with van der Waals surface area (Å²) < 4.78 is 5.53. The number of aliphatic hydroxyl groups is 2. The van der Waals surface area contributed by atoms with Crippen LogP contribution in [0.4, 0.5) is 0 Å². The second-order valence-electron chi connectivity index (χ2n) is 10.6. The van der Waals surface area contributed by atoms with E-state index in [-0.39, 0.29) is 35.1 Å². The van der Waals surface area contributed by atoms with Gasteiger partial charge < -0.3 is 14.9 Å². The molecule has 0 aromatic heterocycles. The summed E-state index contributed by atoms with van der Waals surface area (Å²) >= 11 is 0. The molecule has 4 rings (SSSR count). The van der Waals surface area contributed by atoms with Crippen molar-refractivity contribution in [2.45, 2.75) is 90.3 Å². The van der Waals surface area contributed by atoms with Gasteiger partial charge in [0.2, 0.25) is 0 Å². The molecule has 2 N–H and O–H groups in total. The summed E-state index contributed by atoms with van der Waals surface area (Å²) in [6.45, 7) is 5.57. The lowest BCUT2D eigenvalue weighted by atomic mass is 9.43. The summed E-state index contributed by atoms with van der Waals surface area (Å²) in [7, 11) is 0. The van der Waals surface area contributed by atoms with Crippen LogP contribution in [-0.4, -0.2) is 40.3 Å². The minimum Gasteiger partial charge on any atom is -0.463 e. The van der Waals surface area contributed by atoms with Crippen molar-refractivity contribution in [3.05, 3.63) is 0 Å². The van der Waals surface area contributed by atoms with E-state index < -0.39 is 17.6 Å². The van der Waals surface area contributed by atoms with E-state index in [0.29, 0.717) is 24.7 Å². The molecule has 28 heavy (non-hydrogen) atoms. The molecule has 0 aromatic carbocycles. The zero-order valence-electron chi connectivity index (χ0n) is 17.6. The van der Waals surface area contributed by atoms with Crippen LogP contribution in [0.1, 0.15) is 78.6 Å². The number of Topliss-reactive ketones (excluding diaryl/α,β-unsaturated/α-hetero) is 1. The highest BCUT2D eigenvalue weighted by Gasteiger charge is 2.68. The number of carbonyl (C=O) groups excluding carboxylic acids is 2. The number of carbonyl (C=O) groups is 2. The molecule has 0 amide bonds. The van der Waals surface area contributed by atoms with E-state index in [1.165, 1.54) is 6.92 Å². The van der Waals surface area contributed by atoms with E-state index in [1.807, 2.05) is 0 Å². The van der Waals surface area contributed by atoms with Gasteiger partial charge in [0.05, 0.1) is 5.60 Å². The quantitative estimate of drug-likeness (QED) is 0.720. The molecule has 0 bridgehead atoms. The van der Waals surface area contributed by atoms with Crippen molar-refractivity contribution in [2.24, 2.45) is 34.5 Å². The Labute approximate surface area is 168 Å². The molecule has 5 heteroatoms. The predicted molar refractivity (Wildman–Crippen MR) is 104 cm³/mol. The monoisotopic (exact) mass is 392 g/mol. The van der Waals surface area contributed by atoms with Gasteiger partial charge in [0.25, 0.3) is 0 Å². The van der Waals surface area contributed by atoms with Crippen LogP contribution in [0.15, 0.2) is 0 Å². The number of ether oxygens (including phenoxy) is 1. The average molecular weight is 393 g/mol. The van der Waals surface area contributed by atoms with Gasteiger partial charge in [-0.05, 0) is 81.0 Å². The van der Waals surface area contributed by atoms with Crippen LogP contribution in [0.25, 0.3) is 0 Å². The fourth-order valence-electron chi connectivity index (χ4n) is 8.15. The van der Waals surface area contributed by atoms with Crippen LogP contribution in [0, 0.1) is 34.5 Å². The first-order valence-electron chi connectivity index (χ1n) is 11.2. The highest BCUT2D eigenvalue weighted by atomic mass is 16.5. The van der Waals surface area contributed by atoms with Crippen molar-refractivity contribution in [1.82, 2.24) is 0 Å². The molecule has 5 nitrogen and oxygen atoms in total. The molecule has 0 aromatic rings. The number of fused-ring (bicyclic) bond motifs is 5. The Morgan fingerprint density at radius 3 is 2.43 bits per heavy atom. The zero-order valence-corrected chi connectivity index (χ0v) is 17.6. The van der Waals surface area contributed by atoms with Gasteiger partial charge in [0, 0.05) is 18.3 Å². The van der Waals surface area contributed by atoms with Gasteiger partial charge >= 0.3 is 5.97 Å². The van der Waals surface area contributed by atoms with E-state index >= 15 is 0 Å². The molecule has 8 atom stereocenters. The third kappa shape index (κ3) is 2.72. The lowest BCUT2D eigenvalue weighted by Crippen LogP contribution is -2.62. The molecule has 0 spiro atoms. The van der Waals surface area contributed by atoms with Crippen LogP contribution < -0.4 is 0 Å². The fourth-order valence-corrected chi connectivity index (χ4v) is 8.15. The van der Waals surface area contributed by atoms with Crippen molar-refractivity contribution >= 4 is 11.8 Å². The molecular weight excluding hydrogens is 356 g/mol. The van der Waals surface area contributed by atoms with Gasteiger partial charge in [-0.25, -0.2) is 0 Å². The number of esters is 1. The Morgan fingerprint density at radius 2 is 1.75 bits per heavy atom. The minimum absolute atomic E-state index is 0.0436. The zero-order chi connectivity index (χ0) is 20.3. The number of hydrogen-bond donors (Lipinski definition) is 2. The maximum atomic E-state index is 12.4. The molecule has 158 valence electrons. The molecule has 4 saturated carbocycles. The maximum absolute atomic E-state index is 12.4. The van der Waals surface area contributed by atoms with Crippen LogP contribution >= 0.6 is 0 Å². The summed E-state index contributed by atoms with van der Waals surface area (Å²) in [4.78, 5) is 23.8. The van der Waals surface area contributed by atoms with E-state index in [0.717, 1.165) is 44.9 Å². The Balaban J connectivity index is 1.58. The van der Waals surface area contributed by atoms with E-state index in [4.69, 9.17) is 4.74 Å². The van der Waals surface area contributed by atoms with E-state index in [2.05, 4.69) is 13.8 Å². The standard InChI is InChI=1S/C23H36O5/c1-14(25)28-16-6-9-21(2)15(12-16)4-5-18-17(21)7-10-22(3)19(20(26)13-24)8-11-23(18,22)27/h15-19,24,27H,4-13H2,1-3H3. The summed E-state index contributed by atoms with van der Waals surface area (Å²) in [6.07, 6.45) is 8.28. The molecule has 0 saturated heterocycles. The second kappa shape index (κ2) is 6.80. The van der Waals surface area contributed by atoms with Crippen LogP contribution in [0.3, 0.4) is 0 Å². The Morgan fingerprint density at radius 1 is 1.00 bits per heavy atom. The average Bonchev–Trinajstić information content (AvgIpc) is 2.92. The third-order valence-corrected chi connectivity index (χ3v) is 9.68. The Hall–Kier alpha value is -0.940. The number of aliphatic hydroxyl groups excluding tert-OH is 1. The highest BCUT2D eigenvalue weighted by Crippen LogP contribution is 2.69. The molecule has 4 aliphatic rings. The summed E-state index contributed by atoms with van der Waals surface area (Å²) in [5.74, 6) is 0.735. The topological polar surface area (TPSA) is 83.8 Å². The van der Waals surface area contributed by atoms with Crippen molar-refractivity contribution in [1.29, 1.82) is 0 Å². The normalized spacial score (nSPS) is 50.2. The van der Waals surface area contributed by atoms with E-state index in [9.17, 15) is 19.8 Å². The van der Waals surface area contributed by atoms with Crippen molar-refractivity contribution < 1.29 is 24.5 Å². The molecule has 0 aliphatic heterocycles. The first-order chi connectivity index (χ1) is 13.2. The first-order valence-corrected chi connectivity index (χ1v) is 11.2. The molecule has 0 heterocycles. The second-order valence-corrected chi connectivity index (χ2v) is 10.6. The van der Waals surface area contributed by atoms with Gasteiger partial charge in [-0.1, -0.05) is 13.8 Å². The number of rotatable bonds is 3. The molecule has 8 unspecified atom stereocenters. The van der Waals surface area contributed by atoms with E-state index in [1.54, 1.807) is 0 Å². The summed E-state index contributed by atoms with van der Waals surface area (Å²) in [5.41, 5.74) is -1.03. The smallest absolute Gasteiger partial charge is 0.302 e. The maximum Gasteiger partial charge on any atom is 0.302 e. The van der Waals surface area contributed by atoms with Gasteiger partial charge in [-0.2, -0.15) is 0 Å². The lowest BCUT2D eigenvalue weighted by molar-refractivity contribution is -0.212. The molecule has 0 radical (unpaired) electrons.